The third kappa shape index (κ3) is 2.70. The first-order chi connectivity index (χ1) is 5.91. The fraction of sp³-hybridized carbons (Fsp3) is 0.500. The molecule has 0 saturated heterocycles. The Hall–Kier alpha value is -0.563. The summed E-state index contributed by atoms with van der Waals surface area (Å²) >= 11 is 0. The first-order valence-electron chi connectivity index (χ1n) is 5.01. The van der Waals surface area contributed by atoms with Gasteiger partial charge in [-0.15, -0.1) is 0 Å². The monoisotopic (exact) mass is 192 g/mol. The Morgan fingerprint density at radius 2 is 1.38 bits per heavy atom. The standard InChI is InChI=1S/C12H20Si/c1-10(2)11-6-8-12(9-7-11)13(3,4)5/h6-10H,1-5H3. The van der Waals surface area contributed by atoms with E-state index < -0.39 is 8.07 Å². The summed E-state index contributed by atoms with van der Waals surface area (Å²) < 4.78 is 0. The van der Waals surface area contributed by atoms with Gasteiger partial charge in [0.2, 0.25) is 0 Å². The van der Waals surface area contributed by atoms with Crippen LogP contribution < -0.4 is 5.19 Å². The average molecular weight is 192 g/mol. The average Bonchev–Trinajstić information content (AvgIpc) is 2.03. The molecule has 0 bridgehead atoms. The van der Waals surface area contributed by atoms with Crippen molar-refractivity contribution in [3.8, 4) is 0 Å². The second kappa shape index (κ2) is 3.67. The number of rotatable bonds is 2. The summed E-state index contributed by atoms with van der Waals surface area (Å²) in [7, 11) is -1.09. The van der Waals surface area contributed by atoms with Crippen molar-refractivity contribution in [3.05, 3.63) is 29.8 Å². The lowest BCUT2D eigenvalue weighted by atomic mass is 10.0. The highest BCUT2D eigenvalue weighted by Gasteiger charge is 2.15. The van der Waals surface area contributed by atoms with Crippen LogP contribution in [-0.2, 0) is 0 Å². The van der Waals surface area contributed by atoms with Gasteiger partial charge in [-0.2, -0.15) is 0 Å². The van der Waals surface area contributed by atoms with Crippen molar-refractivity contribution in [2.75, 3.05) is 0 Å². The van der Waals surface area contributed by atoms with E-state index in [1.165, 1.54) is 5.56 Å². The van der Waals surface area contributed by atoms with Crippen LogP contribution in [0.2, 0.25) is 19.6 Å². The number of hydrogen-bond acceptors (Lipinski definition) is 0. The molecule has 0 heterocycles. The third-order valence-electron chi connectivity index (χ3n) is 2.44. The Bertz CT molecular complexity index is 264. The van der Waals surface area contributed by atoms with E-state index in [0.29, 0.717) is 5.92 Å². The van der Waals surface area contributed by atoms with Gasteiger partial charge in [0.25, 0.3) is 0 Å². The fourth-order valence-corrected chi connectivity index (χ4v) is 2.53. The minimum absolute atomic E-state index is 0.649. The molecule has 0 aliphatic rings. The summed E-state index contributed by atoms with van der Waals surface area (Å²) in [5, 5.41) is 1.55. The molecule has 1 heteroatoms. The van der Waals surface area contributed by atoms with Crippen molar-refractivity contribution in [1.82, 2.24) is 0 Å². The van der Waals surface area contributed by atoms with Crippen molar-refractivity contribution < 1.29 is 0 Å². The molecule has 0 unspecified atom stereocenters. The van der Waals surface area contributed by atoms with E-state index in [1.807, 2.05) is 0 Å². The topological polar surface area (TPSA) is 0 Å². The highest BCUT2D eigenvalue weighted by molar-refractivity contribution is 6.88. The lowest BCUT2D eigenvalue weighted by Crippen LogP contribution is -2.37. The van der Waals surface area contributed by atoms with E-state index in [1.54, 1.807) is 5.19 Å². The molecule has 0 spiro atoms. The minimum atomic E-state index is -1.09. The molecule has 1 aromatic carbocycles. The smallest absolute Gasteiger partial charge is 0.0656 e. The Morgan fingerprint density at radius 3 is 1.69 bits per heavy atom. The fourth-order valence-electron chi connectivity index (χ4n) is 1.37. The predicted octanol–water partition coefficient (Wildman–Crippen LogP) is 3.36. The molecule has 13 heavy (non-hydrogen) atoms. The van der Waals surface area contributed by atoms with Gasteiger partial charge in [0.1, 0.15) is 0 Å². The molecule has 0 aromatic heterocycles. The Balaban J connectivity index is 2.94. The van der Waals surface area contributed by atoms with Gasteiger partial charge in [0.05, 0.1) is 8.07 Å². The Kier molecular flexibility index (Phi) is 2.97. The molecule has 0 atom stereocenters. The minimum Gasteiger partial charge on any atom is -0.0656 e. The van der Waals surface area contributed by atoms with Gasteiger partial charge in [-0.05, 0) is 11.5 Å². The van der Waals surface area contributed by atoms with Crippen LogP contribution in [-0.4, -0.2) is 8.07 Å². The quantitative estimate of drug-likeness (QED) is 0.630. The predicted molar refractivity (Wildman–Crippen MR) is 63.5 cm³/mol. The summed E-state index contributed by atoms with van der Waals surface area (Å²) in [6, 6.07) is 9.17. The zero-order valence-corrected chi connectivity index (χ0v) is 10.4. The van der Waals surface area contributed by atoms with Crippen LogP contribution in [0.1, 0.15) is 25.3 Å². The van der Waals surface area contributed by atoms with Crippen molar-refractivity contribution in [3.63, 3.8) is 0 Å². The normalized spacial score (nSPS) is 12.2. The highest BCUT2D eigenvalue weighted by atomic mass is 28.3. The molecule has 1 aromatic rings. The maximum atomic E-state index is 2.39. The summed E-state index contributed by atoms with van der Waals surface area (Å²) in [5.41, 5.74) is 1.45. The molecule has 0 radical (unpaired) electrons. The van der Waals surface area contributed by atoms with E-state index in [0.717, 1.165) is 0 Å². The van der Waals surface area contributed by atoms with Gasteiger partial charge in [0.15, 0.2) is 0 Å². The first-order valence-corrected chi connectivity index (χ1v) is 8.51. The van der Waals surface area contributed by atoms with Crippen LogP contribution in [0.3, 0.4) is 0 Å². The van der Waals surface area contributed by atoms with E-state index >= 15 is 0 Å². The number of benzene rings is 1. The molecule has 0 N–H and O–H groups in total. The Labute approximate surface area is 83.0 Å². The molecule has 0 amide bonds. The summed E-state index contributed by atoms with van der Waals surface area (Å²) in [5.74, 6) is 0.649. The van der Waals surface area contributed by atoms with Crippen LogP contribution in [0.4, 0.5) is 0 Å². The van der Waals surface area contributed by atoms with Crippen molar-refractivity contribution >= 4 is 13.3 Å². The summed E-state index contributed by atoms with van der Waals surface area (Å²) in [6.07, 6.45) is 0. The van der Waals surface area contributed by atoms with Crippen LogP contribution in [0.15, 0.2) is 24.3 Å². The van der Waals surface area contributed by atoms with Gasteiger partial charge in [0, 0.05) is 0 Å². The summed E-state index contributed by atoms with van der Waals surface area (Å²) in [4.78, 5) is 0. The second-order valence-corrected chi connectivity index (χ2v) is 10.1. The van der Waals surface area contributed by atoms with Crippen LogP contribution in [0.5, 0.6) is 0 Å². The molecular weight excluding hydrogens is 172 g/mol. The van der Waals surface area contributed by atoms with Gasteiger partial charge in [-0.25, -0.2) is 0 Å². The number of hydrogen-bond donors (Lipinski definition) is 0. The maximum Gasteiger partial charge on any atom is 0.0775 e. The van der Waals surface area contributed by atoms with Gasteiger partial charge in [-0.3, -0.25) is 0 Å². The van der Waals surface area contributed by atoms with E-state index in [-0.39, 0.29) is 0 Å². The van der Waals surface area contributed by atoms with Crippen molar-refractivity contribution in [2.45, 2.75) is 39.4 Å². The molecule has 0 saturated carbocycles. The molecule has 0 fully saturated rings. The zero-order valence-electron chi connectivity index (χ0n) is 9.39. The van der Waals surface area contributed by atoms with Crippen molar-refractivity contribution in [2.24, 2.45) is 0 Å². The maximum absolute atomic E-state index is 2.39. The van der Waals surface area contributed by atoms with Gasteiger partial charge >= 0.3 is 0 Å². The lowest BCUT2D eigenvalue weighted by Gasteiger charge is -2.17. The zero-order chi connectivity index (χ0) is 10.1. The molecule has 0 aliphatic carbocycles. The van der Waals surface area contributed by atoms with Gasteiger partial charge < -0.3 is 0 Å². The third-order valence-corrected chi connectivity index (χ3v) is 4.51. The molecule has 0 aliphatic heterocycles. The molecule has 0 nitrogen and oxygen atoms in total. The lowest BCUT2D eigenvalue weighted by molar-refractivity contribution is 0.867. The van der Waals surface area contributed by atoms with Crippen LogP contribution >= 0.6 is 0 Å². The SMILES string of the molecule is CC(C)c1ccc([Si](C)(C)C)cc1. The van der Waals surface area contributed by atoms with Crippen LogP contribution in [0, 0.1) is 0 Å². The Morgan fingerprint density at radius 1 is 0.923 bits per heavy atom. The molecule has 1 rings (SSSR count). The van der Waals surface area contributed by atoms with E-state index in [4.69, 9.17) is 0 Å². The molecule has 72 valence electrons. The highest BCUT2D eigenvalue weighted by Crippen LogP contribution is 2.13. The van der Waals surface area contributed by atoms with E-state index in [9.17, 15) is 0 Å². The van der Waals surface area contributed by atoms with Gasteiger partial charge in [-0.1, -0.05) is 62.9 Å². The van der Waals surface area contributed by atoms with Crippen molar-refractivity contribution in [1.29, 1.82) is 0 Å². The van der Waals surface area contributed by atoms with Crippen LogP contribution in [0.25, 0.3) is 0 Å². The van der Waals surface area contributed by atoms with E-state index in [2.05, 4.69) is 57.8 Å². The first kappa shape index (κ1) is 10.5. The largest absolute Gasteiger partial charge is 0.0775 e. The molecular formula is C12H20Si. The summed E-state index contributed by atoms with van der Waals surface area (Å²) in [6.45, 7) is 11.6. The second-order valence-electron chi connectivity index (χ2n) is 5.03.